The molecule has 0 spiro atoms. The molecule has 2 aliphatic rings. The Morgan fingerprint density at radius 3 is 2.70 bits per heavy atom. The number of aryl methyl sites for hydroxylation is 1. The number of urea groups is 1. The summed E-state index contributed by atoms with van der Waals surface area (Å²) in [4.78, 5) is 42.9. The molecule has 2 fully saturated rings. The molecule has 30 heavy (non-hydrogen) atoms. The van der Waals surface area contributed by atoms with Crippen molar-refractivity contribution in [1.82, 2.24) is 20.5 Å². The summed E-state index contributed by atoms with van der Waals surface area (Å²) in [5, 5.41) is 4.85. The Kier molecular flexibility index (Phi) is 5.79. The SMILES string of the molecule is Cc1cc(-c2ccccc2)cc([C@@H]2CCCN(C(=O)[C@@H]3CCC(=O)NC(=O)N3)C2)n1. The summed E-state index contributed by atoms with van der Waals surface area (Å²) in [6.45, 7) is 3.21. The van der Waals surface area contributed by atoms with Crippen molar-refractivity contribution >= 4 is 17.8 Å². The van der Waals surface area contributed by atoms with Crippen molar-refractivity contribution in [3.63, 3.8) is 0 Å². The minimum atomic E-state index is -0.666. The molecule has 0 bridgehead atoms. The van der Waals surface area contributed by atoms with Gasteiger partial charge >= 0.3 is 6.03 Å². The molecular formula is C23H26N4O3. The van der Waals surface area contributed by atoms with E-state index in [0.29, 0.717) is 19.5 Å². The fourth-order valence-corrected chi connectivity index (χ4v) is 4.26. The number of hydrogen-bond acceptors (Lipinski definition) is 4. The standard InChI is InChI=1S/C23H26N4O3/c1-15-12-18(16-6-3-2-4-7-16)13-20(24-15)17-8-5-11-27(14-17)22(29)19-9-10-21(28)26-23(30)25-19/h2-4,6-7,12-13,17,19H,5,8-11,14H2,1H3,(H2,25,26,28,30)/t17-,19+/m1/s1. The molecule has 0 aliphatic carbocycles. The average Bonchev–Trinajstić information content (AvgIpc) is 2.93. The number of piperidine rings is 1. The molecule has 7 nitrogen and oxygen atoms in total. The molecule has 2 aliphatic heterocycles. The number of rotatable bonds is 3. The largest absolute Gasteiger partial charge is 0.340 e. The number of aromatic nitrogens is 1. The first-order valence-electron chi connectivity index (χ1n) is 10.4. The predicted octanol–water partition coefficient (Wildman–Crippen LogP) is 2.75. The molecule has 4 rings (SSSR count). The second-order valence-electron chi connectivity index (χ2n) is 8.02. The minimum absolute atomic E-state index is 0.125. The van der Waals surface area contributed by atoms with Crippen LogP contribution in [0.15, 0.2) is 42.5 Å². The number of likely N-dealkylation sites (tertiary alicyclic amines) is 1. The highest BCUT2D eigenvalue weighted by atomic mass is 16.2. The van der Waals surface area contributed by atoms with E-state index in [2.05, 4.69) is 34.9 Å². The van der Waals surface area contributed by atoms with Gasteiger partial charge in [0.1, 0.15) is 6.04 Å². The average molecular weight is 406 g/mol. The Morgan fingerprint density at radius 2 is 1.90 bits per heavy atom. The molecule has 3 heterocycles. The van der Waals surface area contributed by atoms with E-state index in [4.69, 9.17) is 4.98 Å². The van der Waals surface area contributed by atoms with E-state index in [0.717, 1.165) is 35.4 Å². The van der Waals surface area contributed by atoms with Crippen LogP contribution in [0.2, 0.25) is 0 Å². The van der Waals surface area contributed by atoms with Crippen LogP contribution in [0.4, 0.5) is 4.79 Å². The Bertz CT molecular complexity index is 960. The molecule has 2 atom stereocenters. The zero-order chi connectivity index (χ0) is 21.1. The van der Waals surface area contributed by atoms with E-state index in [1.165, 1.54) is 0 Å². The van der Waals surface area contributed by atoms with Gasteiger partial charge in [-0.1, -0.05) is 30.3 Å². The predicted molar refractivity (Wildman–Crippen MR) is 113 cm³/mol. The topological polar surface area (TPSA) is 91.4 Å². The molecule has 4 amide bonds. The highest BCUT2D eigenvalue weighted by molar-refractivity contribution is 5.98. The maximum absolute atomic E-state index is 13.0. The van der Waals surface area contributed by atoms with Crippen LogP contribution in [0, 0.1) is 6.92 Å². The number of benzene rings is 1. The molecule has 0 saturated carbocycles. The highest BCUT2D eigenvalue weighted by Gasteiger charge is 2.33. The molecule has 2 N–H and O–H groups in total. The number of imide groups is 1. The minimum Gasteiger partial charge on any atom is -0.340 e. The molecular weight excluding hydrogens is 380 g/mol. The van der Waals surface area contributed by atoms with Gasteiger partial charge in [-0.15, -0.1) is 0 Å². The third-order valence-corrected chi connectivity index (χ3v) is 5.75. The van der Waals surface area contributed by atoms with E-state index in [1.54, 1.807) is 4.90 Å². The van der Waals surface area contributed by atoms with Gasteiger partial charge in [-0.05, 0) is 49.4 Å². The van der Waals surface area contributed by atoms with Crippen LogP contribution < -0.4 is 10.6 Å². The van der Waals surface area contributed by atoms with E-state index in [-0.39, 0.29) is 24.2 Å². The number of carbonyl (C=O) groups excluding carboxylic acids is 3. The van der Waals surface area contributed by atoms with Crippen LogP contribution in [-0.2, 0) is 9.59 Å². The van der Waals surface area contributed by atoms with Crippen LogP contribution in [0.1, 0.15) is 43.0 Å². The number of hydrogen-bond donors (Lipinski definition) is 2. The summed E-state index contributed by atoms with van der Waals surface area (Å²) in [5.74, 6) is -0.330. The Labute approximate surface area is 175 Å². The molecule has 2 aromatic rings. The molecule has 156 valence electrons. The van der Waals surface area contributed by atoms with Crippen LogP contribution >= 0.6 is 0 Å². The van der Waals surface area contributed by atoms with Crippen molar-refractivity contribution in [2.24, 2.45) is 0 Å². The summed E-state index contributed by atoms with van der Waals surface area (Å²) >= 11 is 0. The molecule has 1 aromatic heterocycles. The fourth-order valence-electron chi connectivity index (χ4n) is 4.26. The van der Waals surface area contributed by atoms with Gasteiger partial charge in [0.15, 0.2) is 0 Å². The first kappa shape index (κ1) is 20.1. The molecule has 0 radical (unpaired) electrons. The van der Waals surface area contributed by atoms with Crippen molar-refractivity contribution in [3.8, 4) is 11.1 Å². The molecule has 1 aromatic carbocycles. The number of nitrogens with zero attached hydrogens (tertiary/aromatic N) is 2. The summed E-state index contributed by atoms with van der Waals surface area (Å²) in [5.41, 5.74) is 4.22. The number of carbonyl (C=O) groups is 3. The van der Waals surface area contributed by atoms with E-state index in [1.807, 2.05) is 25.1 Å². The quantitative estimate of drug-likeness (QED) is 0.820. The Balaban J connectivity index is 1.51. The summed E-state index contributed by atoms with van der Waals surface area (Å²) < 4.78 is 0. The van der Waals surface area contributed by atoms with Crippen LogP contribution in [0.3, 0.4) is 0 Å². The van der Waals surface area contributed by atoms with Crippen molar-refractivity contribution in [1.29, 1.82) is 0 Å². The maximum atomic E-state index is 13.0. The fraction of sp³-hybridized carbons (Fsp3) is 0.391. The Morgan fingerprint density at radius 1 is 1.10 bits per heavy atom. The van der Waals surface area contributed by atoms with Gasteiger partial charge < -0.3 is 10.2 Å². The second-order valence-corrected chi connectivity index (χ2v) is 8.02. The smallest absolute Gasteiger partial charge is 0.322 e. The van der Waals surface area contributed by atoms with E-state index >= 15 is 0 Å². The lowest BCUT2D eigenvalue weighted by atomic mass is 9.91. The Hall–Kier alpha value is -3.22. The van der Waals surface area contributed by atoms with Crippen LogP contribution in [-0.4, -0.2) is 46.9 Å². The zero-order valence-corrected chi connectivity index (χ0v) is 17.1. The van der Waals surface area contributed by atoms with E-state index < -0.39 is 12.1 Å². The lowest BCUT2D eigenvalue weighted by molar-refractivity contribution is -0.134. The lowest BCUT2D eigenvalue weighted by Crippen LogP contribution is -2.51. The molecule has 0 unspecified atom stereocenters. The molecule has 7 heteroatoms. The first-order valence-corrected chi connectivity index (χ1v) is 10.4. The van der Waals surface area contributed by atoms with Gasteiger partial charge in [0.2, 0.25) is 11.8 Å². The van der Waals surface area contributed by atoms with Crippen LogP contribution in [0.25, 0.3) is 11.1 Å². The van der Waals surface area contributed by atoms with Crippen molar-refractivity contribution < 1.29 is 14.4 Å². The molecule has 2 saturated heterocycles. The van der Waals surface area contributed by atoms with Crippen molar-refractivity contribution in [3.05, 3.63) is 53.9 Å². The zero-order valence-electron chi connectivity index (χ0n) is 17.1. The monoisotopic (exact) mass is 406 g/mol. The maximum Gasteiger partial charge on any atom is 0.322 e. The lowest BCUT2D eigenvalue weighted by Gasteiger charge is -2.34. The second kappa shape index (κ2) is 8.65. The van der Waals surface area contributed by atoms with Gasteiger partial charge in [0.05, 0.1) is 0 Å². The third-order valence-electron chi connectivity index (χ3n) is 5.75. The number of pyridine rings is 1. The van der Waals surface area contributed by atoms with Crippen LogP contribution in [0.5, 0.6) is 0 Å². The van der Waals surface area contributed by atoms with Gasteiger partial charge in [-0.3, -0.25) is 19.9 Å². The normalized spacial score (nSPS) is 22.1. The number of amides is 4. The highest BCUT2D eigenvalue weighted by Crippen LogP contribution is 2.30. The van der Waals surface area contributed by atoms with Gasteiger partial charge in [-0.2, -0.15) is 0 Å². The first-order chi connectivity index (χ1) is 14.5. The van der Waals surface area contributed by atoms with Gasteiger partial charge in [-0.25, -0.2) is 4.79 Å². The summed E-state index contributed by atoms with van der Waals surface area (Å²) in [6, 6.07) is 13.1. The number of nitrogens with one attached hydrogen (secondary N) is 2. The summed E-state index contributed by atoms with van der Waals surface area (Å²) in [6.07, 6.45) is 2.32. The third kappa shape index (κ3) is 4.50. The van der Waals surface area contributed by atoms with Gasteiger partial charge in [0, 0.05) is 36.8 Å². The van der Waals surface area contributed by atoms with Crippen molar-refractivity contribution in [2.45, 2.75) is 44.6 Å². The van der Waals surface area contributed by atoms with E-state index in [9.17, 15) is 14.4 Å². The van der Waals surface area contributed by atoms with Crippen molar-refractivity contribution in [2.75, 3.05) is 13.1 Å². The van der Waals surface area contributed by atoms with Gasteiger partial charge in [0.25, 0.3) is 0 Å². The summed E-state index contributed by atoms with van der Waals surface area (Å²) in [7, 11) is 0.